The van der Waals surface area contributed by atoms with Crippen molar-refractivity contribution >= 4 is 11.9 Å². The van der Waals surface area contributed by atoms with Gasteiger partial charge in [0, 0.05) is 6.42 Å². The van der Waals surface area contributed by atoms with Crippen molar-refractivity contribution < 1.29 is 14.7 Å². The maximum atomic E-state index is 12.1. The van der Waals surface area contributed by atoms with Crippen LogP contribution >= 0.6 is 0 Å². The number of rotatable bonds is 7. The number of hydrogen-bond donors (Lipinski definition) is 2. The molecule has 2 aromatic rings. The Labute approximate surface area is 134 Å². The monoisotopic (exact) mass is 316 g/mol. The zero-order valence-electron chi connectivity index (χ0n) is 13.2. The number of hydrogen-bond acceptors (Lipinski definition) is 4. The Morgan fingerprint density at radius 2 is 2.00 bits per heavy atom. The summed E-state index contributed by atoms with van der Waals surface area (Å²) >= 11 is 0. The van der Waals surface area contributed by atoms with Crippen molar-refractivity contribution in [2.45, 2.75) is 39.3 Å². The Kier molecular flexibility index (Phi) is 5.46. The van der Waals surface area contributed by atoms with E-state index in [0.717, 1.165) is 5.56 Å². The average Bonchev–Trinajstić information content (AvgIpc) is 2.86. The summed E-state index contributed by atoms with van der Waals surface area (Å²) in [4.78, 5) is 22.7. The lowest BCUT2D eigenvalue weighted by molar-refractivity contribution is -0.137. The molecule has 1 heterocycles. The van der Waals surface area contributed by atoms with Gasteiger partial charge >= 0.3 is 5.97 Å². The molecular formula is C16H20N4O3. The van der Waals surface area contributed by atoms with E-state index in [0.29, 0.717) is 17.8 Å². The van der Waals surface area contributed by atoms with Crippen molar-refractivity contribution in [3.05, 3.63) is 47.3 Å². The smallest absolute Gasteiger partial charge is 0.303 e. The largest absolute Gasteiger partial charge is 0.481 e. The minimum atomic E-state index is -0.881. The van der Waals surface area contributed by atoms with Gasteiger partial charge in [-0.25, -0.2) is 4.68 Å². The van der Waals surface area contributed by atoms with Gasteiger partial charge in [-0.05, 0) is 19.4 Å². The lowest BCUT2D eigenvalue weighted by Gasteiger charge is -2.14. The van der Waals surface area contributed by atoms with Crippen LogP contribution in [0.25, 0.3) is 0 Å². The first-order valence-electron chi connectivity index (χ1n) is 7.42. The highest BCUT2D eigenvalue weighted by molar-refractivity contribution is 5.76. The summed E-state index contributed by atoms with van der Waals surface area (Å²) in [6, 6.07) is 9.59. The molecule has 0 aliphatic heterocycles. The van der Waals surface area contributed by atoms with Crippen LogP contribution < -0.4 is 5.32 Å². The summed E-state index contributed by atoms with van der Waals surface area (Å²) in [6.45, 7) is 3.76. The first-order chi connectivity index (χ1) is 11.0. The highest BCUT2D eigenvalue weighted by Crippen LogP contribution is 2.11. The Morgan fingerprint density at radius 1 is 1.30 bits per heavy atom. The molecule has 1 unspecified atom stereocenters. The van der Waals surface area contributed by atoms with Crippen LogP contribution in [0, 0.1) is 6.92 Å². The number of aryl methyl sites for hydroxylation is 1. The number of nitrogens with one attached hydrogen (secondary N) is 1. The molecule has 0 spiro atoms. The summed E-state index contributed by atoms with van der Waals surface area (Å²) in [5, 5.41) is 19.5. The minimum Gasteiger partial charge on any atom is -0.481 e. The Hall–Kier alpha value is -2.70. The molecule has 1 aromatic carbocycles. The van der Waals surface area contributed by atoms with Gasteiger partial charge in [-0.3, -0.25) is 9.59 Å². The second-order valence-electron chi connectivity index (χ2n) is 5.37. The third-order valence-electron chi connectivity index (χ3n) is 3.62. The van der Waals surface area contributed by atoms with E-state index in [1.54, 1.807) is 6.92 Å². The Balaban J connectivity index is 1.94. The minimum absolute atomic E-state index is 0.00320. The molecule has 7 nitrogen and oxygen atoms in total. The van der Waals surface area contributed by atoms with E-state index in [1.165, 1.54) is 4.68 Å². The zero-order valence-corrected chi connectivity index (χ0v) is 13.2. The van der Waals surface area contributed by atoms with Crippen LogP contribution in [0.4, 0.5) is 0 Å². The van der Waals surface area contributed by atoms with Crippen LogP contribution in [-0.2, 0) is 22.6 Å². The number of aliphatic carboxylic acids is 1. The summed E-state index contributed by atoms with van der Waals surface area (Å²) in [5.74, 6) is -1.05. The topological polar surface area (TPSA) is 97.1 Å². The first-order valence-corrected chi connectivity index (χ1v) is 7.42. The predicted molar refractivity (Wildman–Crippen MR) is 83.7 cm³/mol. The van der Waals surface area contributed by atoms with Crippen LogP contribution in [0.5, 0.6) is 0 Å². The van der Waals surface area contributed by atoms with Gasteiger partial charge in [0.05, 0.1) is 23.9 Å². The van der Waals surface area contributed by atoms with Crippen molar-refractivity contribution in [3.63, 3.8) is 0 Å². The summed E-state index contributed by atoms with van der Waals surface area (Å²) < 4.78 is 1.49. The molecule has 0 saturated heterocycles. The SMILES string of the molecule is Cc1c(CCC(=O)O)nnn1CC(=O)NC(C)c1ccccc1. The molecule has 1 amide bonds. The average molecular weight is 316 g/mol. The Morgan fingerprint density at radius 3 is 2.65 bits per heavy atom. The van der Waals surface area contributed by atoms with Crippen molar-refractivity contribution in [1.82, 2.24) is 20.3 Å². The number of amides is 1. The van der Waals surface area contributed by atoms with Crippen LogP contribution in [-0.4, -0.2) is 32.0 Å². The summed E-state index contributed by atoms with van der Waals surface area (Å²) in [7, 11) is 0. The highest BCUT2D eigenvalue weighted by Gasteiger charge is 2.14. The number of carbonyl (C=O) groups excluding carboxylic acids is 1. The molecular weight excluding hydrogens is 296 g/mol. The summed E-state index contributed by atoms with van der Waals surface area (Å²) in [6.07, 6.45) is 0.306. The molecule has 7 heteroatoms. The standard InChI is InChI=1S/C16H20N4O3/c1-11(13-6-4-3-5-7-13)17-15(21)10-20-12(2)14(18-19-20)8-9-16(22)23/h3-7,11H,8-10H2,1-2H3,(H,17,21)(H,22,23). The van der Waals surface area contributed by atoms with Gasteiger partial charge in [-0.1, -0.05) is 35.5 Å². The molecule has 2 N–H and O–H groups in total. The van der Waals surface area contributed by atoms with Crippen LogP contribution in [0.1, 0.15) is 36.3 Å². The number of carbonyl (C=O) groups is 2. The number of aromatic nitrogens is 3. The van der Waals surface area contributed by atoms with E-state index in [1.807, 2.05) is 37.3 Å². The van der Waals surface area contributed by atoms with E-state index < -0.39 is 5.97 Å². The number of nitrogens with zero attached hydrogens (tertiary/aromatic N) is 3. The molecule has 0 aliphatic rings. The number of carboxylic acid groups (broad SMARTS) is 1. The van der Waals surface area contributed by atoms with E-state index in [4.69, 9.17) is 5.11 Å². The molecule has 0 fully saturated rings. The number of benzene rings is 1. The predicted octanol–water partition coefficient (Wildman–Crippen LogP) is 1.48. The van der Waals surface area contributed by atoms with E-state index in [2.05, 4.69) is 15.6 Å². The highest BCUT2D eigenvalue weighted by atomic mass is 16.4. The molecule has 0 radical (unpaired) electrons. The maximum Gasteiger partial charge on any atom is 0.303 e. The van der Waals surface area contributed by atoms with Gasteiger partial charge in [0.1, 0.15) is 6.54 Å². The van der Waals surface area contributed by atoms with Gasteiger partial charge in [0.25, 0.3) is 0 Å². The van der Waals surface area contributed by atoms with Crippen molar-refractivity contribution in [3.8, 4) is 0 Å². The van der Waals surface area contributed by atoms with Gasteiger partial charge in [0.2, 0.25) is 5.91 Å². The molecule has 1 aromatic heterocycles. The molecule has 0 aliphatic carbocycles. The van der Waals surface area contributed by atoms with Crippen molar-refractivity contribution in [1.29, 1.82) is 0 Å². The maximum absolute atomic E-state index is 12.1. The zero-order chi connectivity index (χ0) is 16.8. The molecule has 122 valence electrons. The third kappa shape index (κ3) is 4.64. The van der Waals surface area contributed by atoms with Gasteiger partial charge < -0.3 is 10.4 Å². The first kappa shape index (κ1) is 16.7. The molecule has 2 rings (SSSR count). The van der Waals surface area contributed by atoms with E-state index in [9.17, 15) is 9.59 Å². The fourth-order valence-corrected chi connectivity index (χ4v) is 2.25. The van der Waals surface area contributed by atoms with E-state index in [-0.39, 0.29) is 24.9 Å². The third-order valence-corrected chi connectivity index (χ3v) is 3.62. The van der Waals surface area contributed by atoms with Crippen molar-refractivity contribution in [2.75, 3.05) is 0 Å². The Bertz CT molecular complexity index is 682. The molecule has 23 heavy (non-hydrogen) atoms. The lowest BCUT2D eigenvalue weighted by Crippen LogP contribution is -2.30. The quantitative estimate of drug-likeness (QED) is 0.806. The lowest BCUT2D eigenvalue weighted by atomic mass is 10.1. The van der Waals surface area contributed by atoms with Gasteiger partial charge in [0.15, 0.2) is 0 Å². The van der Waals surface area contributed by atoms with Crippen molar-refractivity contribution in [2.24, 2.45) is 0 Å². The van der Waals surface area contributed by atoms with Gasteiger partial charge in [-0.15, -0.1) is 5.10 Å². The van der Waals surface area contributed by atoms with Gasteiger partial charge in [-0.2, -0.15) is 0 Å². The van der Waals surface area contributed by atoms with Crippen LogP contribution in [0.15, 0.2) is 30.3 Å². The van der Waals surface area contributed by atoms with Crippen LogP contribution in [0.2, 0.25) is 0 Å². The second-order valence-corrected chi connectivity index (χ2v) is 5.37. The fourth-order valence-electron chi connectivity index (χ4n) is 2.25. The second kappa shape index (κ2) is 7.53. The fraction of sp³-hybridized carbons (Fsp3) is 0.375. The van der Waals surface area contributed by atoms with Crippen LogP contribution in [0.3, 0.4) is 0 Å². The normalized spacial score (nSPS) is 11.9. The summed E-state index contributed by atoms with van der Waals surface area (Å²) in [5.41, 5.74) is 2.35. The molecule has 1 atom stereocenters. The molecule has 0 saturated carbocycles. The van der Waals surface area contributed by atoms with E-state index >= 15 is 0 Å². The molecule has 0 bridgehead atoms. The number of carboxylic acids is 1.